The van der Waals surface area contributed by atoms with E-state index in [0.29, 0.717) is 0 Å². The van der Waals surface area contributed by atoms with E-state index in [1.807, 2.05) is 0 Å². The van der Waals surface area contributed by atoms with E-state index in [4.69, 9.17) is 0 Å². The van der Waals surface area contributed by atoms with E-state index >= 15 is 0 Å². The average molecular weight is 484 g/mol. The smallest absolute Gasteiger partial charge is 1.00 e. The van der Waals surface area contributed by atoms with Gasteiger partial charge in [-0.2, -0.15) is 6.08 Å². The maximum absolute atomic E-state index is 3.19. The summed E-state index contributed by atoms with van der Waals surface area (Å²) in [6.45, 7) is 4.22. The molecule has 1 aliphatic rings. The largest absolute Gasteiger partial charge is 3.00 e. The van der Waals surface area contributed by atoms with E-state index in [0.717, 1.165) is 6.42 Å². The normalized spacial score (nSPS) is 11.4. The molecule has 2 radical (unpaired) electrons. The van der Waals surface area contributed by atoms with Crippen LogP contribution in [-0.4, -0.2) is 9.52 Å². The first-order valence-corrected chi connectivity index (χ1v) is 8.10. The number of rotatable bonds is 2. The molecule has 0 bridgehead atoms. The molecule has 0 amide bonds. The molecule has 0 aliphatic heterocycles. The molecule has 0 N–H and O–H groups in total. The summed E-state index contributed by atoms with van der Waals surface area (Å²) in [6, 6.07) is 21.3. The minimum absolute atomic E-state index is 0. The summed E-state index contributed by atoms with van der Waals surface area (Å²) in [5.74, 6) is 0. The van der Waals surface area contributed by atoms with Crippen LogP contribution in [0.25, 0.3) is 0 Å². The van der Waals surface area contributed by atoms with Gasteiger partial charge in [0.25, 0.3) is 0 Å². The maximum atomic E-state index is 3.19. The molecule has 118 valence electrons. The van der Waals surface area contributed by atoms with Crippen molar-refractivity contribution in [3.63, 3.8) is 0 Å². The predicted molar refractivity (Wildman–Crippen MR) is 90.1 cm³/mol. The van der Waals surface area contributed by atoms with Crippen molar-refractivity contribution in [3.05, 3.63) is 84.0 Å². The summed E-state index contributed by atoms with van der Waals surface area (Å²) in [5.41, 5.74) is 2.71. The van der Waals surface area contributed by atoms with Crippen molar-refractivity contribution in [3.8, 4) is 0 Å². The van der Waals surface area contributed by atoms with Gasteiger partial charge in [-0.1, -0.05) is 78.0 Å². The van der Waals surface area contributed by atoms with Crippen molar-refractivity contribution in [1.82, 2.24) is 0 Å². The van der Waals surface area contributed by atoms with Crippen molar-refractivity contribution in [2.24, 2.45) is 0 Å². The second-order valence-electron chi connectivity index (χ2n) is 4.86. The number of hydrogen-bond acceptors (Lipinski definition) is 0. The van der Waals surface area contributed by atoms with Gasteiger partial charge in [-0.25, -0.2) is 11.1 Å². The Kier molecular flexibility index (Phi) is 15.4. The van der Waals surface area contributed by atoms with E-state index < -0.39 is 0 Å². The molecule has 0 saturated heterocycles. The molecule has 0 heterocycles. The van der Waals surface area contributed by atoms with Gasteiger partial charge in [0.15, 0.2) is 0 Å². The van der Waals surface area contributed by atoms with E-state index in [1.165, 1.54) is 21.5 Å². The van der Waals surface area contributed by atoms with Crippen LogP contribution in [0.3, 0.4) is 0 Å². The third-order valence-electron chi connectivity index (χ3n) is 3.30. The Morgan fingerprint density at radius 1 is 0.783 bits per heavy atom. The maximum Gasteiger partial charge on any atom is 3.00 e. The van der Waals surface area contributed by atoms with Crippen LogP contribution < -0.4 is 44.3 Å². The summed E-state index contributed by atoms with van der Waals surface area (Å²) in [4.78, 5) is 0. The molecule has 0 unspecified atom stereocenters. The van der Waals surface area contributed by atoms with Gasteiger partial charge < -0.3 is 34.0 Å². The zero-order chi connectivity index (χ0) is 14.2. The van der Waals surface area contributed by atoms with Gasteiger partial charge >= 0.3 is 21.7 Å². The molecule has 23 heavy (non-hydrogen) atoms. The van der Waals surface area contributed by atoms with Gasteiger partial charge in [-0.05, 0) is 0 Å². The Labute approximate surface area is 178 Å². The van der Waals surface area contributed by atoms with Crippen LogP contribution in [-0.2, 0) is 21.7 Å². The standard InChI is InChI=1S/C12H11Si.C7H9.2BrH.Ti/c1-3-7-11(8-4-1)13-12-9-5-2-6-10-12;1-6-4-3-5-7(6)2;;;/h1-10,13H;4H,3H2,1-2H3;2*1H;/q;-1;;;+3/p-2. The SMILES string of the molecule is CC1=[C-]CC=C1C.[Br-].[Br-].[Ti+3].c1ccc([SiH]c2ccccc2)cc1. The predicted octanol–water partition coefficient (Wildman–Crippen LogP) is -2.83. The first-order chi connectivity index (χ1) is 9.75. The second-order valence-corrected chi connectivity index (χ2v) is 6.48. The molecule has 0 aromatic heterocycles. The quantitative estimate of drug-likeness (QED) is 0.319. The van der Waals surface area contributed by atoms with Crippen LogP contribution in [0.1, 0.15) is 20.3 Å². The summed E-state index contributed by atoms with van der Waals surface area (Å²) in [6.07, 6.45) is 6.41. The van der Waals surface area contributed by atoms with Crippen molar-refractivity contribution >= 4 is 19.9 Å². The van der Waals surface area contributed by atoms with Crippen LogP contribution in [0.2, 0.25) is 0 Å². The molecular weight excluding hydrogens is 464 g/mol. The zero-order valence-corrected chi connectivity index (χ0v) is 19.3. The second kappa shape index (κ2) is 14.2. The first-order valence-electron chi connectivity index (χ1n) is 6.95. The third kappa shape index (κ3) is 9.63. The van der Waals surface area contributed by atoms with Crippen molar-refractivity contribution < 1.29 is 55.7 Å². The molecule has 4 heteroatoms. The Hall–Kier alpha value is -0.189. The Morgan fingerprint density at radius 2 is 1.22 bits per heavy atom. The fourth-order valence-corrected chi connectivity index (χ4v) is 3.15. The van der Waals surface area contributed by atoms with Crippen molar-refractivity contribution in [2.45, 2.75) is 20.3 Å². The minimum Gasteiger partial charge on any atom is -1.00 e. The number of halogens is 2. The average Bonchev–Trinajstić information content (AvgIpc) is 2.86. The molecule has 0 fully saturated rings. The third-order valence-corrected chi connectivity index (χ3v) is 4.74. The molecule has 2 aromatic carbocycles. The zero-order valence-electron chi connectivity index (χ0n) is 13.4. The Morgan fingerprint density at radius 3 is 1.48 bits per heavy atom. The summed E-state index contributed by atoms with van der Waals surface area (Å²) >= 11 is 0. The van der Waals surface area contributed by atoms with Crippen LogP contribution in [0.4, 0.5) is 0 Å². The van der Waals surface area contributed by atoms with Gasteiger partial charge in [-0.15, -0.1) is 13.3 Å². The van der Waals surface area contributed by atoms with Gasteiger partial charge in [0.05, 0.1) is 0 Å². The molecule has 0 spiro atoms. The summed E-state index contributed by atoms with van der Waals surface area (Å²) < 4.78 is 0. The van der Waals surface area contributed by atoms with E-state index in [2.05, 4.69) is 86.7 Å². The summed E-state index contributed by atoms with van der Waals surface area (Å²) in [7, 11) is 0.271. The van der Waals surface area contributed by atoms with Crippen LogP contribution >= 0.6 is 0 Å². The van der Waals surface area contributed by atoms with E-state index in [1.54, 1.807) is 0 Å². The van der Waals surface area contributed by atoms with Crippen molar-refractivity contribution in [2.75, 3.05) is 0 Å². The van der Waals surface area contributed by atoms with Gasteiger partial charge in [0, 0.05) is 0 Å². The topological polar surface area (TPSA) is 0 Å². The van der Waals surface area contributed by atoms with Crippen LogP contribution in [0.15, 0.2) is 77.9 Å². The van der Waals surface area contributed by atoms with Gasteiger partial charge in [0.2, 0.25) is 0 Å². The fraction of sp³-hybridized carbons (Fsp3) is 0.158. The molecule has 3 rings (SSSR count). The number of allylic oxidation sites excluding steroid dienone is 4. The van der Waals surface area contributed by atoms with E-state index in [9.17, 15) is 0 Å². The van der Waals surface area contributed by atoms with E-state index in [-0.39, 0.29) is 65.2 Å². The van der Waals surface area contributed by atoms with Crippen molar-refractivity contribution in [1.29, 1.82) is 0 Å². The fourth-order valence-electron chi connectivity index (χ4n) is 1.94. The molecule has 0 atom stereocenters. The minimum atomic E-state index is 0. The Bertz CT molecular complexity index is 542. The van der Waals surface area contributed by atoms with Gasteiger partial charge in [-0.3, -0.25) is 6.08 Å². The molecule has 2 aromatic rings. The van der Waals surface area contributed by atoms with Crippen LogP contribution in [0.5, 0.6) is 0 Å². The molecule has 0 nitrogen and oxygen atoms in total. The first kappa shape index (κ1) is 25.1. The monoisotopic (exact) mass is 482 g/mol. The molecular formula is C19H20Br2SiTi. The molecule has 1 aliphatic carbocycles. The summed E-state index contributed by atoms with van der Waals surface area (Å²) in [5, 5.41) is 2.90. The number of benzene rings is 2. The molecule has 0 saturated carbocycles. The number of hydrogen-bond donors (Lipinski definition) is 0. The van der Waals surface area contributed by atoms with Crippen LogP contribution in [0, 0.1) is 6.08 Å². The van der Waals surface area contributed by atoms with Gasteiger partial charge in [0.1, 0.15) is 9.52 Å². The Balaban J connectivity index is 0.